The number of esters is 1. The number of ether oxygens (including phenoxy) is 1. The molecule has 1 saturated heterocycles. The zero-order chi connectivity index (χ0) is 14.6. The van der Waals surface area contributed by atoms with Crippen molar-refractivity contribution in [3.8, 4) is 0 Å². The highest BCUT2D eigenvalue weighted by molar-refractivity contribution is 5.80. The van der Waals surface area contributed by atoms with Gasteiger partial charge in [0.05, 0.1) is 6.61 Å². The molecular formula is C15H29N3O2. The molecule has 1 aliphatic carbocycles. The summed E-state index contributed by atoms with van der Waals surface area (Å²) in [4.78, 5) is 16.7. The summed E-state index contributed by atoms with van der Waals surface area (Å²) in [5.41, 5.74) is 5.21. The monoisotopic (exact) mass is 283 g/mol. The molecule has 5 nitrogen and oxygen atoms in total. The van der Waals surface area contributed by atoms with Crippen molar-refractivity contribution in [2.24, 2.45) is 5.73 Å². The van der Waals surface area contributed by atoms with Crippen LogP contribution in [0.25, 0.3) is 0 Å². The summed E-state index contributed by atoms with van der Waals surface area (Å²) in [6.45, 7) is 8.77. The Balaban J connectivity index is 1.77. The zero-order valence-electron chi connectivity index (χ0n) is 12.9. The van der Waals surface area contributed by atoms with Crippen LogP contribution in [0.15, 0.2) is 0 Å². The first kappa shape index (κ1) is 15.7. The molecule has 2 N–H and O–H groups in total. The topological polar surface area (TPSA) is 58.8 Å². The molecule has 1 atom stereocenters. The van der Waals surface area contributed by atoms with Crippen LogP contribution >= 0.6 is 0 Å². The van der Waals surface area contributed by atoms with Crippen molar-refractivity contribution in [3.05, 3.63) is 0 Å². The largest absolute Gasteiger partial charge is 0.465 e. The molecule has 0 radical (unpaired) electrons. The van der Waals surface area contributed by atoms with Crippen LogP contribution in [0.4, 0.5) is 0 Å². The Morgan fingerprint density at radius 1 is 1.25 bits per heavy atom. The first-order valence-electron chi connectivity index (χ1n) is 7.95. The van der Waals surface area contributed by atoms with E-state index in [2.05, 4.69) is 9.80 Å². The van der Waals surface area contributed by atoms with Crippen molar-refractivity contribution in [1.29, 1.82) is 0 Å². The predicted octanol–water partition coefficient (Wildman–Crippen LogP) is 0.827. The highest BCUT2D eigenvalue weighted by atomic mass is 16.5. The van der Waals surface area contributed by atoms with Crippen LogP contribution in [0.1, 0.15) is 39.5 Å². The van der Waals surface area contributed by atoms with Crippen LogP contribution in [-0.4, -0.2) is 66.7 Å². The Morgan fingerprint density at radius 3 is 2.40 bits per heavy atom. The van der Waals surface area contributed by atoms with Crippen molar-refractivity contribution in [2.75, 3.05) is 39.3 Å². The van der Waals surface area contributed by atoms with Crippen molar-refractivity contribution < 1.29 is 9.53 Å². The molecule has 2 rings (SSSR count). The number of nitrogens with zero attached hydrogens (tertiary/aromatic N) is 2. The molecular weight excluding hydrogens is 254 g/mol. The molecule has 0 aromatic carbocycles. The highest BCUT2D eigenvalue weighted by Gasteiger charge is 2.34. The van der Waals surface area contributed by atoms with Gasteiger partial charge >= 0.3 is 5.97 Å². The fourth-order valence-electron chi connectivity index (χ4n) is 3.38. The minimum absolute atomic E-state index is 0.293. The minimum Gasteiger partial charge on any atom is -0.465 e. The van der Waals surface area contributed by atoms with E-state index >= 15 is 0 Å². The van der Waals surface area contributed by atoms with E-state index in [1.54, 1.807) is 6.92 Å². The van der Waals surface area contributed by atoms with Gasteiger partial charge in [-0.3, -0.25) is 14.6 Å². The number of hydrogen-bond acceptors (Lipinski definition) is 5. The first-order valence-corrected chi connectivity index (χ1v) is 7.95. The highest BCUT2D eigenvalue weighted by Crippen LogP contribution is 2.24. The van der Waals surface area contributed by atoms with Gasteiger partial charge in [0, 0.05) is 38.8 Å². The van der Waals surface area contributed by atoms with Crippen molar-refractivity contribution in [2.45, 2.75) is 51.1 Å². The van der Waals surface area contributed by atoms with E-state index in [9.17, 15) is 4.79 Å². The van der Waals surface area contributed by atoms with E-state index < -0.39 is 5.54 Å². The Labute approximate surface area is 122 Å². The van der Waals surface area contributed by atoms with Gasteiger partial charge in [-0.05, 0) is 26.7 Å². The molecule has 0 aromatic rings. The lowest BCUT2D eigenvalue weighted by Crippen LogP contribution is -2.58. The van der Waals surface area contributed by atoms with Crippen LogP contribution in [0.2, 0.25) is 0 Å². The van der Waals surface area contributed by atoms with Crippen LogP contribution in [0.5, 0.6) is 0 Å². The third kappa shape index (κ3) is 3.93. The first-order chi connectivity index (χ1) is 9.53. The van der Waals surface area contributed by atoms with E-state index in [-0.39, 0.29) is 5.97 Å². The number of carbonyl (C=O) groups excluding carboxylic acids is 1. The molecule has 0 spiro atoms. The summed E-state index contributed by atoms with van der Waals surface area (Å²) in [7, 11) is 0. The van der Waals surface area contributed by atoms with Crippen LogP contribution < -0.4 is 5.73 Å². The fourth-order valence-corrected chi connectivity index (χ4v) is 3.38. The van der Waals surface area contributed by atoms with E-state index in [1.165, 1.54) is 25.7 Å². The molecule has 1 unspecified atom stereocenters. The van der Waals surface area contributed by atoms with Crippen molar-refractivity contribution in [3.63, 3.8) is 0 Å². The van der Waals surface area contributed by atoms with Gasteiger partial charge in [0.2, 0.25) is 0 Å². The molecule has 116 valence electrons. The van der Waals surface area contributed by atoms with Crippen molar-refractivity contribution >= 4 is 5.97 Å². The summed E-state index contributed by atoms with van der Waals surface area (Å²) >= 11 is 0. The van der Waals surface area contributed by atoms with Gasteiger partial charge in [0.25, 0.3) is 0 Å². The fraction of sp³-hybridized carbons (Fsp3) is 0.933. The predicted molar refractivity (Wildman–Crippen MR) is 79.5 cm³/mol. The summed E-state index contributed by atoms with van der Waals surface area (Å²) in [5, 5.41) is 0. The maximum Gasteiger partial charge on any atom is 0.327 e. The van der Waals surface area contributed by atoms with E-state index in [0.717, 1.165) is 32.2 Å². The molecule has 2 aliphatic rings. The Morgan fingerprint density at radius 2 is 1.85 bits per heavy atom. The average Bonchev–Trinajstić information content (AvgIpc) is 2.93. The molecule has 0 amide bonds. The number of rotatable bonds is 5. The standard InChI is InChI=1S/C15H29N3O2/c1-3-20-14(19)15(2,16)12-17-8-10-18(11-9-17)13-6-4-5-7-13/h13H,3-12,16H2,1-2H3. The maximum atomic E-state index is 11.8. The number of piperazine rings is 1. The number of carbonyl (C=O) groups is 1. The second-order valence-corrected chi connectivity index (χ2v) is 6.39. The smallest absolute Gasteiger partial charge is 0.327 e. The maximum absolute atomic E-state index is 11.8. The van der Waals surface area contributed by atoms with Crippen LogP contribution in [-0.2, 0) is 9.53 Å². The second-order valence-electron chi connectivity index (χ2n) is 6.39. The summed E-state index contributed by atoms with van der Waals surface area (Å²) in [6.07, 6.45) is 5.48. The quantitative estimate of drug-likeness (QED) is 0.757. The minimum atomic E-state index is -0.897. The van der Waals surface area contributed by atoms with Gasteiger partial charge < -0.3 is 10.5 Å². The molecule has 1 saturated carbocycles. The molecule has 5 heteroatoms. The van der Waals surface area contributed by atoms with Gasteiger partial charge in [0.15, 0.2) is 0 Å². The summed E-state index contributed by atoms with van der Waals surface area (Å²) in [5.74, 6) is -0.293. The molecule has 2 fully saturated rings. The Hall–Kier alpha value is -0.650. The van der Waals surface area contributed by atoms with E-state index in [0.29, 0.717) is 13.2 Å². The molecule has 20 heavy (non-hydrogen) atoms. The lowest BCUT2D eigenvalue weighted by Gasteiger charge is -2.40. The normalized spacial score (nSPS) is 25.6. The number of hydrogen-bond donors (Lipinski definition) is 1. The van der Waals surface area contributed by atoms with E-state index in [1.807, 2.05) is 6.92 Å². The summed E-state index contributed by atoms with van der Waals surface area (Å²) in [6, 6.07) is 0.798. The van der Waals surface area contributed by atoms with Gasteiger partial charge in [-0.15, -0.1) is 0 Å². The van der Waals surface area contributed by atoms with Crippen molar-refractivity contribution in [1.82, 2.24) is 9.80 Å². The molecule has 1 heterocycles. The Kier molecular flexibility index (Phi) is 5.41. The van der Waals surface area contributed by atoms with Gasteiger partial charge in [-0.2, -0.15) is 0 Å². The number of nitrogens with two attached hydrogens (primary N) is 1. The zero-order valence-corrected chi connectivity index (χ0v) is 12.9. The van der Waals surface area contributed by atoms with Crippen LogP contribution in [0, 0.1) is 0 Å². The lowest BCUT2D eigenvalue weighted by molar-refractivity contribution is -0.149. The lowest BCUT2D eigenvalue weighted by atomic mass is 10.0. The molecule has 0 bridgehead atoms. The Bertz CT molecular complexity index is 319. The second kappa shape index (κ2) is 6.87. The van der Waals surface area contributed by atoms with Gasteiger partial charge in [-0.1, -0.05) is 12.8 Å². The molecule has 1 aliphatic heterocycles. The third-order valence-corrected chi connectivity index (χ3v) is 4.54. The van der Waals surface area contributed by atoms with Gasteiger partial charge in [-0.25, -0.2) is 0 Å². The van der Waals surface area contributed by atoms with Crippen LogP contribution in [0.3, 0.4) is 0 Å². The molecule has 0 aromatic heterocycles. The summed E-state index contributed by atoms with van der Waals surface area (Å²) < 4.78 is 5.05. The van der Waals surface area contributed by atoms with E-state index in [4.69, 9.17) is 10.5 Å². The SMILES string of the molecule is CCOC(=O)C(C)(N)CN1CCN(C2CCCC2)CC1. The van der Waals surface area contributed by atoms with Gasteiger partial charge in [0.1, 0.15) is 5.54 Å². The average molecular weight is 283 g/mol. The third-order valence-electron chi connectivity index (χ3n) is 4.54.